The van der Waals surface area contributed by atoms with E-state index in [9.17, 15) is 0 Å². The van der Waals surface area contributed by atoms with Crippen LogP contribution in [0.5, 0.6) is 0 Å². The van der Waals surface area contributed by atoms with Gasteiger partial charge in [-0.3, -0.25) is 4.57 Å². The van der Waals surface area contributed by atoms with Crippen LogP contribution in [0.4, 0.5) is 0 Å². The van der Waals surface area contributed by atoms with Crippen molar-refractivity contribution < 1.29 is 0 Å². The third-order valence-corrected chi connectivity index (χ3v) is 10.6. The Kier molecular flexibility index (Phi) is 6.25. The van der Waals surface area contributed by atoms with Crippen LogP contribution in [0.25, 0.3) is 99.4 Å². The number of rotatable bonds is 5. The standard InChI is InChI=1S/C49H31N3/c1-4-13-32(14-5-1)38-29-42(33-15-6-2-7-16-33)50-47(31-38)52-45-22-12-17-34-23-24-36-27-37(30-46(52)49(36)48(34)45)35-25-26-44-41(28-35)40-20-10-11-21-43(40)51(44)39-18-8-3-9-19-39/h1-31H. The van der Waals surface area contributed by atoms with E-state index in [1.54, 1.807) is 0 Å². The Morgan fingerprint density at radius 1 is 0.327 bits per heavy atom. The lowest BCUT2D eigenvalue weighted by molar-refractivity contribution is 1.08. The Bertz CT molecular complexity index is 3040. The number of para-hydroxylation sites is 2. The number of nitrogens with zero attached hydrogens (tertiary/aromatic N) is 3. The summed E-state index contributed by atoms with van der Waals surface area (Å²) in [5.41, 5.74) is 12.6. The van der Waals surface area contributed by atoms with Gasteiger partial charge in [0.05, 0.1) is 27.8 Å². The van der Waals surface area contributed by atoms with E-state index in [4.69, 9.17) is 4.98 Å². The lowest BCUT2D eigenvalue weighted by Gasteiger charge is -2.13. The van der Waals surface area contributed by atoms with Crippen LogP contribution in [0.2, 0.25) is 0 Å². The van der Waals surface area contributed by atoms with Gasteiger partial charge >= 0.3 is 0 Å². The fourth-order valence-corrected chi connectivity index (χ4v) is 8.30. The molecule has 52 heavy (non-hydrogen) atoms. The molecule has 0 bridgehead atoms. The average molecular weight is 662 g/mol. The Morgan fingerprint density at radius 2 is 0.981 bits per heavy atom. The summed E-state index contributed by atoms with van der Waals surface area (Å²) in [5.74, 6) is 0.906. The lowest BCUT2D eigenvalue weighted by atomic mass is 9.96. The topological polar surface area (TPSA) is 22.8 Å². The largest absolute Gasteiger partial charge is 0.309 e. The summed E-state index contributed by atoms with van der Waals surface area (Å²) in [7, 11) is 0. The van der Waals surface area contributed by atoms with Gasteiger partial charge in [-0.1, -0.05) is 127 Å². The molecular formula is C49H31N3. The maximum absolute atomic E-state index is 5.40. The SMILES string of the molecule is c1ccc(-c2cc(-c3ccccc3)nc(-n3c4cccc5ccc6cc(-c7ccc8c(c7)c7ccccc7n8-c7ccccc7)cc3c6c54)c2)cc1. The number of fused-ring (bicyclic) bond motifs is 3. The van der Waals surface area contributed by atoms with Gasteiger partial charge in [-0.25, -0.2) is 4.98 Å². The molecule has 0 fully saturated rings. The minimum absolute atomic E-state index is 0.906. The highest BCUT2D eigenvalue weighted by Crippen LogP contribution is 2.43. The van der Waals surface area contributed by atoms with Crippen molar-refractivity contribution in [3.05, 3.63) is 188 Å². The summed E-state index contributed by atoms with van der Waals surface area (Å²) in [6.07, 6.45) is 0. The van der Waals surface area contributed by atoms with Gasteiger partial charge in [0.25, 0.3) is 0 Å². The van der Waals surface area contributed by atoms with Crippen LogP contribution < -0.4 is 0 Å². The number of pyridine rings is 1. The smallest absolute Gasteiger partial charge is 0.138 e. The molecular weight excluding hydrogens is 631 g/mol. The normalized spacial score (nSPS) is 11.8. The zero-order valence-corrected chi connectivity index (χ0v) is 28.2. The average Bonchev–Trinajstić information content (AvgIpc) is 3.74. The van der Waals surface area contributed by atoms with Crippen LogP contribution in [0.3, 0.4) is 0 Å². The van der Waals surface area contributed by atoms with Gasteiger partial charge in [0.15, 0.2) is 0 Å². The molecule has 3 heterocycles. The molecule has 0 N–H and O–H groups in total. The Morgan fingerprint density at radius 3 is 1.81 bits per heavy atom. The highest BCUT2D eigenvalue weighted by Gasteiger charge is 2.21. The fourth-order valence-electron chi connectivity index (χ4n) is 8.30. The van der Waals surface area contributed by atoms with Crippen molar-refractivity contribution in [3.8, 4) is 45.0 Å². The van der Waals surface area contributed by atoms with Crippen molar-refractivity contribution in [1.29, 1.82) is 0 Å². The molecule has 0 aliphatic rings. The molecule has 0 atom stereocenters. The van der Waals surface area contributed by atoms with Crippen LogP contribution in [-0.4, -0.2) is 14.1 Å². The molecule has 0 saturated heterocycles. The Balaban J connectivity index is 1.18. The molecule has 0 amide bonds. The number of aromatic nitrogens is 3. The van der Waals surface area contributed by atoms with Gasteiger partial charge < -0.3 is 4.57 Å². The van der Waals surface area contributed by atoms with Gasteiger partial charge in [0.2, 0.25) is 0 Å². The van der Waals surface area contributed by atoms with E-state index in [0.29, 0.717) is 0 Å². The molecule has 0 aliphatic carbocycles. The third-order valence-electron chi connectivity index (χ3n) is 10.6. The van der Waals surface area contributed by atoms with Crippen LogP contribution in [0.15, 0.2) is 188 Å². The van der Waals surface area contributed by atoms with E-state index in [-0.39, 0.29) is 0 Å². The maximum atomic E-state index is 5.40. The van der Waals surface area contributed by atoms with E-state index in [1.807, 2.05) is 0 Å². The van der Waals surface area contributed by atoms with Crippen LogP contribution in [-0.2, 0) is 0 Å². The van der Waals surface area contributed by atoms with Gasteiger partial charge in [-0.05, 0) is 93.7 Å². The summed E-state index contributed by atoms with van der Waals surface area (Å²) < 4.78 is 4.76. The first-order chi connectivity index (χ1) is 25.8. The predicted molar refractivity (Wildman–Crippen MR) is 218 cm³/mol. The highest BCUT2D eigenvalue weighted by molar-refractivity contribution is 6.25. The second-order valence-electron chi connectivity index (χ2n) is 13.6. The molecule has 0 radical (unpaired) electrons. The lowest BCUT2D eigenvalue weighted by Crippen LogP contribution is -2.00. The number of benzene rings is 8. The molecule has 0 aliphatic heterocycles. The zero-order chi connectivity index (χ0) is 34.2. The highest BCUT2D eigenvalue weighted by atomic mass is 15.1. The van der Waals surface area contributed by atoms with Gasteiger partial charge in [0, 0.05) is 32.8 Å². The quantitative estimate of drug-likeness (QED) is 0.168. The van der Waals surface area contributed by atoms with Gasteiger partial charge in [0.1, 0.15) is 5.82 Å². The van der Waals surface area contributed by atoms with Crippen molar-refractivity contribution in [3.63, 3.8) is 0 Å². The van der Waals surface area contributed by atoms with E-state index in [1.165, 1.54) is 60.0 Å². The third kappa shape index (κ3) is 4.36. The van der Waals surface area contributed by atoms with Crippen molar-refractivity contribution in [2.75, 3.05) is 0 Å². The van der Waals surface area contributed by atoms with E-state index in [0.717, 1.165) is 39.4 Å². The molecule has 0 spiro atoms. The second kappa shape index (κ2) is 11.3. The summed E-state index contributed by atoms with van der Waals surface area (Å²) >= 11 is 0. The fraction of sp³-hybridized carbons (Fsp3) is 0. The summed E-state index contributed by atoms with van der Waals surface area (Å²) in [5, 5.41) is 7.50. The first-order valence-electron chi connectivity index (χ1n) is 17.8. The van der Waals surface area contributed by atoms with Crippen molar-refractivity contribution >= 4 is 54.4 Å². The summed E-state index contributed by atoms with van der Waals surface area (Å²) in [6.45, 7) is 0. The van der Waals surface area contributed by atoms with Crippen LogP contribution in [0.1, 0.15) is 0 Å². The molecule has 0 unspecified atom stereocenters. The van der Waals surface area contributed by atoms with Crippen LogP contribution >= 0.6 is 0 Å². The first kappa shape index (κ1) is 28.8. The van der Waals surface area contributed by atoms with E-state index >= 15 is 0 Å². The van der Waals surface area contributed by atoms with Crippen LogP contribution in [0, 0.1) is 0 Å². The van der Waals surface area contributed by atoms with E-state index < -0.39 is 0 Å². The zero-order valence-electron chi connectivity index (χ0n) is 28.2. The Hall–Kier alpha value is -6.97. The van der Waals surface area contributed by atoms with Gasteiger partial charge in [-0.15, -0.1) is 0 Å². The predicted octanol–water partition coefficient (Wildman–Crippen LogP) is 12.9. The summed E-state index contributed by atoms with van der Waals surface area (Å²) in [4.78, 5) is 5.40. The number of hydrogen-bond acceptors (Lipinski definition) is 1. The molecule has 11 aromatic rings. The molecule has 11 rings (SSSR count). The van der Waals surface area contributed by atoms with Crippen molar-refractivity contribution in [1.82, 2.24) is 14.1 Å². The molecule has 3 nitrogen and oxygen atoms in total. The molecule has 0 saturated carbocycles. The minimum atomic E-state index is 0.906. The minimum Gasteiger partial charge on any atom is -0.309 e. The second-order valence-corrected chi connectivity index (χ2v) is 13.6. The monoisotopic (exact) mass is 661 g/mol. The Labute approximate surface area is 300 Å². The molecule has 3 aromatic heterocycles. The molecule has 8 aromatic carbocycles. The molecule has 242 valence electrons. The van der Waals surface area contributed by atoms with Gasteiger partial charge in [-0.2, -0.15) is 0 Å². The molecule has 3 heteroatoms. The summed E-state index contributed by atoms with van der Waals surface area (Å²) in [6, 6.07) is 67.8. The van der Waals surface area contributed by atoms with E-state index in [2.05, 4.69) is 197 Å². The van der Waals surface area contributed by atoms with Crippen molar-refractivity contribution in [2.45, 2.75) is 0 Å². The number of hydrogen-bond donors (Lipinski definition) is 0. The van der Waals surface area contributed by atoms with Crippen molar-refractivity contribution in [2.24, 2.45) is 0 Å². The first-order valence-corrected chi connectivity index (χ1v) is 17.8. The maximum Gasteiger partial charge on any atom is 0.138 e.